The molecule has 0 aliphatic carbocycles. The molecule has 2 rings (SSSR count). The number of nitrogens with one attached hydrogen (secondary N) is 3. The Morgan fingerprint density at radius 1 is 1.00 bits per heavy atom. The minimum absolute atomic E-state index is 0. The number of anilines is 1. The Kier molecular flexibility index (Phi) is 11.2. The topological polar surface area (TPSA) is 65.5 Å². The lowest BCUT2D eigenvalue weighted by molar-refractivity contribution is -0.116. The van der Waals surface area contributed by atoms with Gasteiger partial charge in [-0.25, -0.2) is 4.99 Å². The Morgan fingerprint density at radius 2 is 1.75 bits per heavy atom. The van der Waals surface area contributed by atoms with E-state index in [1.165, 1.54) is 11.1 Å². The van der Waals surface area contributed by atoms with Crippen molar-refractivity contribution in [3.63, 3.8) is 0 Å². The fourth-order valence-corrected chi connectivity index (χ4v) is 2.66. The summed E-state index contributed by atoms with van der Waals surface area (Å²) in [7, 11) is 0. The van der Waals surface area contributed by atoms with E-state index in [-0.39, 0.29) is 29.9 Å². The van der Waals surface area contributed by atoms with Gasteiger partial charge < -0.3 is 16.0 Å². The van der Waals surface area contributed by atoms with E-state index in [2.05, 4.69) is 59.1 Å². The average Bonchev–Trinajstić information content (AvgIpc) is 2.65. The fourth-order valence-electron chi connectivity index (χ4n) is 2.66. The predicted molar refractivity (Wildman–Crippen MR) is 128 cm³/mol. The van der Waals surface area contributed by atoms with E-state index in [1.807, 2.05) is 31.2 Å². The van der Waals surface area contributed by atoms with Crippen molar-refractivity contribution >= 4 is 41.5 Å². The molecule has 0 spiro atoms. The molecule has 0 unspecified atom stereocenters. The van der Waals surface area contributed by atoms with Crippen molar-refractivity contribution < 1.29 is 4.79 Å². The summed E-state index contributed by atoms with van der Waals surface area (Å²) in [5.74, 6) is 0.848. The van der Waals surface area contributed by atoms with Gasteiger partial charge in [-0.1, -0.05) is 48.9 Å². The van der Waals surface area contributed by atoms with Gasteiger partial charge in [0.15, 0.2) is 5.96 Å². The highest BCUT2D eigenvalue weighted by molar-refractivity contribution is 14.0. The van der Waals surface area contributed by atoms with Crippen LogP contribution in [0.25, 0.3) is 0 Å². The van der Waals surface area contributed by atoms with Gasteiger partial charge in [-0.05, 0) is 43.5 Å². The standard InChI is InChI=1S/C22H30N4O.HI/c1-4-7-21(27)26-20-12-10-18(11-13-20)15-24-22(23-5-2)25-16-19-9-6-8-17(3)14-19;/h6,8-14H,4-5,7,15-16H2,1-3H3,(H,26,27)(H2,23,24,25);1H. The number of halogens is 1. The molecular weight excluding hydrogens is 463 g/mol. The number of rotatable bonds is 8. The minimum atomic E-state index is 0. The van der Waals surface area contributed by atoms with Crippen molar-refractivity contribution in [2.24, 2.45) is 4.99 Å². The maximum absolute atomic E-state index is 11.6. The predicted octanol–water partition coefficient (Wildman–Crippen LogP) is 4.61. The molecule has 5 nitrogen and oxygen atoms in total. The summed E-state index contributed by atoms with van der Waals surface area (Å²) >= 11 is 0. The van der Waals surface area contributed by atoms with E-state index in [0.717, 1.165) is 30.2 Å². The van der Waals surface area contributed by atoms with Crippen molar-refractivity contribution in [3.8, 4) is 0 Å². The van der Waals surface area contributed by atoms with Crippen molar-refractivity contribution in [1.29, 1.82) is 0 Å². The Labute approximate surface area is 185 Å². The first-order chi connectivity index (χ1) is 13.1. The number of carbonyl (C=O) groups is 1. The lowest BCUT2D eigenvalue weighted by Gasteiger charge is -2.12. The number of guanidine groups is 1. The molecule has 152 valence electrons. The molecule has 0 heterocycles. The smallest absolute Gasteiger partial charge is 0.224 e. The first kappa shape index (κ1) is 23.9. The van der Waals surface area contributed by atoms with Crippen molar-refractivity contribution in [1.82, 2.24) is 10.6 Å². The Balaban J connectivity index is 0.00000392. The van der Waals surface area contributed by atoms with Gasteiger partial charge in [-0.2, -0.15) is 0 Å². The first-order valence-electron chi connectivity index (χ1n) is 9.57. The molecule has 28 heavy (non-hydrogen) atoms. The van der Waals surface area contributed by atoms with E-state index in [1.54, 1.807) is 0 Å². The van der Waals surface area contributed by atoms with E-state index in [9.17, 15) is 4.79 Å². The number of nitrogens with zero attached hydrogens (tertiary/aromatic N) is 1. The van der Waals surface area contributed by atoms with Gasteiger partial charge in [0, 0.05) is 25.2 Å². The van der Waals surface area contributed by atoms with Crippen LogP contribution in [-0.4, -0.2) is 18.4 Å². The van der Waals surface area contributed by atoms with Crippen LogP contribution in [0.15, 0.2) is 53.5 Å². The second-order valence-corrected chi connectivity index (χ2v) is 6.53. The monoisotopic (exact) mass is 494 g/mol. The summed E-state index contributed by atoms with van der Waals surface area (Å²) in [4.78, 5) is 16.3. The summed E-state index contributed by atoms with van der Waals surface area (Å²) in [6, 6.07) is 16.3. The molecule has 0 aromatic heterocycles. The number of aryl methyl sites for hydroxylation is 1. The van der Waals surface area contributed by atoms with Crippen molar-refractivity contribution in [3.05, 3.63) is 65.2 Å². The van der Waals surface area contributed by atoms with E-state index >= 15 is 0 Å². The molecule has 0 saturated carbocycles. The molecule has 0 saturated heterocycles. The number of carbonyl (C=O) groups excluding carboxylic acids is 1. The van der Waals surface area contributed by atoms with Crippen molar-refractivity contribution in [2.45, 2.75) is 46.7 Å². The highest BCUT2D eigenvalue weighted by atomic mass is 127. The number of amides is 1. The zero-order chi connectivity index (χ0) is 19.5. The number of hydrogen-bond acceptors (Lipinski definition) is 2. The highest BCUT2D eigenvalue weighted by Gasteiger charge is 2.02. The Morgan fingerprint density at radius 3 is 2.39 bits per heavy atom. The molecule has 0 fully saturated rings. The van der Waals surface area contributed by atoms with Crippen LogP contribution in [0.4, 0.5) is 5.69 Å². The average molecular weight is 494 g/mol. The van der Waals surface area contributed by atoms with E-state index in [4.69, 9.17) is 0 Å². The lowest BCUT2D eigenvalue weighted by Crippen LogP contribution is -2.36. The second kappa shape index (κ2) is 13.1. The molecule has 0 radical (unpaired) electrons. The van der Waals surface area contributed by atoms with Gasteiger partial charge in [0.25, 0.3) is 0 Å². The van der Waals surface area contributed by atoms with Crippen molar-refractivity contribution in [2.75, 3.05) is 11.9 Å². The molecule has 0 bridgehead atoms. The van der Waals surface area contributed by atoms with Crippen LogP contribution >= 0.6 is 24.0 Å². The second-order valence-electron chi connectivity index (χ2n) is 6.53. The van der Waals surface area contributed by atoms with Gasteiger partial charge in [0.05, 0.1) is 6.54 Å². The molecule has 1 amide bonds. The Bertz CT molecular complexity index is 759. The summed E-state index contributed by atoms with van der Waals surface area (Å²) < 4.78 is 0. The SMILES string of the molecule is CCCC(=O)Nc1ccc(CNC(=NCc2cccc(C)c2)NCC)cc1.I. The third kappa shape index (κ3) is 8.73. The molecular formula is C22H31IN4O. The molecule has 2 aromatic carbocycles. The maximum Gasteiger partial charge on any atom is 0.224 e. The van der Waals surface area contributed by atoms with Crippen LogP contribution in [-0.2, 0) is 17.9 Å². The molecule has 0 aliphatic heterocycles. The lowest BCUT2D eigenvalue weighted by atomic mass is 10.1. The third-order valence-corrected chi connectivity index (χ3v) is 4.02. The number of benzene rings is 2. The number of aliphatic imine (C=N–C) groups is 1. The first-order valence-corrected chi connectivity index (χ1v) is 9.57. The van der Waals surface area contributed by atoms with E-state index < -0.39 is 0 Å². The zero-order valence-electron chi connectivity index (χ0n) is 16.9. The summed E-state index contributed by atoms with van der Waals surface area (Å²) in [6.45, 7) is 8.25. The minimum Gasteiger partial charge on any atom is -0.357 e. The molecule has 0 atom stereocenters. The van der Waals surface area contributed by atoms with Crippen LogP contribution in [0.1, 0.15) is 43.4 Å². The molecule has 2 aromatic rings. The fraction of sp³-hybridized carbons (Fsp3) is 0.364. The summed E-state index contributed by atoms with van der Waals surface area (Å²) in [5, 5.41) is 9.53. The summed E-state index contributed by atoms with van der Waals surface area (Å²) in [6.07, 6.45) is 1.40. The summed E-state index contributed by atoms with van der Waals surface area (Å²) in [5.41, 5.74) is 4.40. The van der Waals surface area contributed by atoms with Crippen LogP contribution in [0.5, 0.6) is 0 Å². The van der Waals surface area contributed by atoms with Gasteiger partial charge in [0.2, 0.25) is 5.91 Å². The number of hydrogen-bond donors (Lipinski definition) is 3. The van der Waals surface area contributed by atoms with Gasteiger partial charge in [-0.3, -0.25) is 4.79 Å². The Hall–Kier alpha value is -2.09. The molecule has 0 aliphatic rings. The largest absolute Gasteiger partial charge is 0.357 e. The van der Waals surface area contributed by atoms with Gasteiger partial charge >= 0.3 is 0 Å². The van der Waals surface area contributed by atoms with Gasteiger partial charge in [-0.15, -0.1) is 24.0 Å². The normalized spacial score (nSPS) is 10.8. The quantitative estimate of drug-likeness (QED) is 0.286. The van der Waals surface area contributed by atoms with Crippen LogP contribution in [0.3, 0.4) is 0 Å². The van der Waals surface area contributed by atoms with Crippen LogP contribution in [0, 0.1) is 6.92 Å². The van der Waals surface area contributed by atoms with Crippen LogP contribution in [0.2, 0.25) is 0 Å². The molecule has 6 heteroatoms. The zero-order valence-corrected chi connectivity index (χ0v) is 19.2. The maximum atomic E-state index is 11.6. The van der Waals surface area contributed by atoms with Gasteiger partial charge in [0.1, 0.15) is 0 Å². The van der Waals surface area contributed by atoms with Crippen LogP contribution < -0.4 is 16.0 Å². The molecule has 3 N–H and O–H groups in total. The highest BCUT2D eigenvalue weighted by Crippen LogP contribution is 2.10. The third-order valence-electron chi connectivity index (χ3n) is 4.02. The van der Waals surface area contributed by atoms with E-state index in [0.29, 0.717) is 19.5 Å².